The first-order valence-corrected chi connectivity index (χ1v) is 8.80. The van der Waals surface area contributed by atoms with Crippen LogP contribution in [-0.4, -0.2) is 23.9 Å². The lowest BCUT2D eigenvalue weighted by molar-refractivity contribution is -0.123. The lowest BCUT2D eigenvalue weighted by Crippen LogP contribution is -2.30. The van der Waals surface area contributed by atoms with Crippen molar-refractivity contribution in [1.82, 2.24) is 0 Å². The molecule has 1 unspecified atom stereocenters. The summed E-state index contributed by atoms with van der Waals surface area (Å²) in [6, 6.07) is 19.7. The van der Waals surface area contributed by atoms with Crippen molar-refractivity contribution in [2.45, 2.75) is 20.0 Å². The zero-order valence-electron chi connectivity index (χ0n) is 15.6. The first kappa shape index (κ1) is 19.1. The Labute approximate surface area is 162 Å². The minimum Gasteiger partial charge on any atom is -0.449 e. The molecule has 2 N–H and O–H groups in total. The number of hydrogen-bond donors (Lipinski definition) is 2. The third-order valence-electron chi connectivity index (χ3n) is 4.09. The third-order valence-corrected chi connectivity index (χ3v) is 4.09. The van der Waals surface area contributed by atoms with Gasteiger partial charge < -0.3 is 15.4 Å². The SMILES string of the molecule is CC(=O)Nc1cccc(C(=O)OC(C)C(=O)Nc2ccc3ccccc3c2)c1. The van der Waals surface area contributed by atoms with Gasteiger partial charge in [0.2, 0.25) is 5.91 Å². The van der Waals surface area contributed by atoms with Crippen LogP contribution in [-0.2, 0) is 14.3 Å². The highest BCUT2D eigenvalue weighted by Crippen LogP contribution is 2.19. The summed E-state index contributed by atoms with van der Waals surface area (Å²) < 4.78 is 5.25. The first-order chi connectivity index (χ1) is 13.4. The molecule has 0 bridgehead atoms. The van der Waals surface area contributed by atoms with E-state index >= 15 is 0 Å². The third kappa shape index (κ3) is 4.73. The Morgan fingerprint density at radius 3 is 2.29 bits per heavy atom. The smallest absolute Gasteiger partial charge is 0.338 e. The molecule has 0 fully saturated rings. The van der Waals surface area contributed by atoms with E-state index in [1.54, 1.807) is 24.3 Å². The van der Waals surface area contributed by atoms with Gasteiger partial charge in [-0.1, -0.05) is 36.4 Å². The molecule has 0 aliphatic rings. The number of hydrogen-bond acceptors (Lipinski definition) is 4. The molecule has 28 heavy (non-hydrogen) atoms. The first-order valence-electron chi connectivity index (χ1n) is 8.80. The maximum Gasteiger partial charge on any atom is 0.338 e. The van der Waals surface area contributed by atoms with Crippen LogP contribution in [0.25, 0.3) is 10.8 Å². The second-order valence-corrected chi connectivity index (χ2v) is 6.36. The molecule has 0 spiro atoms. The predicted molar refractivity (Wildman–Crippen MR) is 108 cm³/mol. The summed E-state index contributed by atoms with van der Waals surface area (Å²) in [4.78, 5) is 35.8. The fraction of sp³-hybridized carbons (Fsp3) is 0.136. The Balaban J connectivity index is 1.64. The molecule has 3 aromatic carbocycles. The van der Waals surface area contributed by atoms with Gasteiger partial charge in [0.15, 0.2) is 6.10 Å². The van der Waals surface area contributed by atoms with Gasteiger partial charge in [-0.3, -0.25) is 9.59 Å². The lowest BCUT2D eigenvalue weighted by atomic mass is 10.1. The van der Waals surface area contributed by atoms with Gasteiger partial charge in [-0.2, -0.15) is 0 Å². The zero-order valence-corrected chi connectivity index (χ0v) is 15.6. The second kappa shape index (κ2) is 8.35. The summed E-state index contributed by atoms with van der Waals surface area (Å²) in [7, 11) is 0. The summed E-state index contributed by atoms with van der Waals surface area (Å²) >= 11 is 0. The average molecular weight is 376 g/mol. The Bertz CT molecular complexity index is 1050. The van der Waals surface area contributed by atoms with Crippen LogP contribution in [0.15, 0.2) is 66.7 Å². The number of amides is 2. The van der Waals surface area contributed by atoms with Gasteiger partial charge in [0, 0.05) is 18.3 Å². The molecule has 3 rings (SSSR count). The topological polar surface area (TPSA) is 84.5 Å². The number of carbonyl (C=O) groups excluding carboxylic acids is 3. The maximum absolute atomic E-state index is 12.4. The summed E-state index contributed by atoms with van der Waals surface area (Å²) in [6.45, 7) is 2.89. The van der Waals surface area contributed by atoms with Crippen molar-refractivity contribution in [3.05, 3.63) is 72.3 Å². The average Bonchev–Trinajstić information content (AvgIpc) is 2.67. The highest BCUT2D eigenvalue weighted by Gasteiger charge is 2.19. The molecule has 142 valence electrons. The van der Waals surface area contributed by atoms with Crippen LogP contribution < -0.4 is 10.6 Å². The number of anilines is 2. The molecule has 1 atom stereocenters. The van der Waals surface area contributed by atoms with E-state index < -0.39 is 18.0 Å². The molecule has 3 aromatic rings. The van der Waals surface area contributed by atoms with Gasteiger partial charge in [-0.25, -0.2) is 4.79 Å². The predicted octanol–water partition coefficient (Wildman–Crippen LogP) is 3.98. The summed E-state index contributed by atoms with van der Waals surface area (Å²) in [5, 5.41) is 7.42. The van der Waals surface area contributed by atoms with Gasteiger partial charge in [0.05, 0.1) is 5.56 Å². The van der Waals surface area contributed by atoms with Gasteiger partial charge in [0.1, 0.15) is 0 Å². The van der Waals surface area contributed by atoms with Gasteiger partial charge in [0.25, 0.3) is 5.91 Å². The Hall–Kier alpha value is -3.67. The van der Waals surface area contributed by atoms with E-state index in [4.69, 9.17) is 4.74 Å². The van der Waals surface area contributed by atoms with E-state index in [9.17, 15) is 14.4 Å². The van der Waals surface area contributed by atoms with Crippen LogP contribution in [0, 0.1) is 0 Å². The van der Waals surface area contributed by atoms with Crippen molar-refractivity contribution < 1.29 is 19.1 Å². The monoisotopic (exact) mass is 376 g/mol. The lowest BCUT2D eigenvalue weighted by Gasteiger charge is -2.14. The normalized spacial score (nSPS) is 11.5. The minimum atomic E-state index is -0.983. The van der Waals surface area contributed by atoms with Crippen molar-refractivity contribution in [3.8, 4) is 0 Å². The van der Waals surface area contributed by atoms with Crippen molar-refractivity contribution in [2.24, 2.45) is 0 Å². The second-order valence-electron chi connectivity index (χ2n) is 6.36. The fourth-order valence-corrected chi connectivity index (χ4v) is 2.72. The number of esters is 1. The fourth-order valence-electron chi connectivity index (χ4n) is 2.72. The molecule has 0 aromatic heterocycles. The number of fused-ring (bicyclic) bond motifs is 1. The highest BCUT2D eigenvalue weighted by molar-refractivity contribution is 5.99. The molecule has 6 heteroatoms. The van der Waals surface area contributed by atoms with Crippen LogP contribution in [0.1, 0.15) is 24.2 Å². The molecule has 0 heterocycles. The quantitative estimate of drug-likeness (QED) is 0.660. The van der Waals surface area contributed by atoms with E-state index in [-0.39, 0.29) is 11.5 Å². The summed E-state index contributed by atoms with van der Waals surface area (Å²) in [5.74, 6) is -1.32. The van der Waals surface area contributed by atoms with Crippen molar-refractivity contribution in [3.63, 3.8) is 0 Å². The van der Waals surface area contributed by atoms with E-state index in [0.717, 1.165) is 10.8 Å². The summed E-state index contributed by atoms with van der Waals surface area (Å²) in [5.41, 5.74) is 1.35. The van der Waals surface area contributed by atoms with Crippen LogP contribution in [0.4, 0.5) is 11.4 Å². The Kier molecular flexibility index (Phi) is 5.69. The number of nitrogens with one attached hydrogen (secondary N) is 2. The van der Waals surface area contributed by atoms with Gasteiger partial charge in [-0.05, 0) is 48.0 Å². The molecule has 0 aliphatic carbocycles. The van der Waals surface area contributed by atoms with Crippen LogP contribution in [0.3, 0.4) is 0 Å². The van der Waals surface area contributed by atoms with E-state index in [0.29, 0.717) is 11.4 Å². The number of benzene rings is 3. The zero-order chi connectivity index (χ0) is 20.1. The molecule has 6 nitrogen and oxygen atoms in total. The Morgan fingerprint density at radius 1 is 0.821 bits per heavy atom. The molecule has 2 amide bonds. The number of ether oxygens (including phenoxy) is 1. The van der Waals surface area contributed by atoms with Gasteiger partial charge >= 0.3 is 5.97 Å². The molecular weight excluding hydrogens is 356 g/mol. The van der Waals surface area contributed by atoms with E-state index in [2.05, 4.69) is 10.6 Å². The number of carbonyl (C=O) groups is 3. The van der Waals surface area contributed by atoms with Gasteiger partial charge in [-0.15, -0.1) is 0 Å². The minimum absolute atomic E-state index is 0.242. The molecule has 0 saturated heterocycles. The van der Waals surface area contributed by atoms with Crippen molar-refractivity contribution in [2.75, 3.05) is 10.6 Å². The van der Waals surface area contributed by atoms with Crippen LogP contribution in [0.5, 0.6) is 0 Å². The van der Waals surface area contributed by atoms with Crippen molar-refractivity contribution >= 4 is 39.9 Å². The molecule has 0 radical (unpaired) electrons. The van der Waals surface area contributed by atoms with E-state index in [1.165, 1.54) is 19.9 Å². The summed E-state index contributed by atoms with van der Waals surface area (Å²) in [6.07, 6.45) is -0.983. The largest absolute Gasteiger partial charge is 0.449 e. The van der Waals surface area contributed by atoms with Crippen LogP contribution in [0.2, 0.25) is 0 Å². The standard InChI is InChI=1S/C22H20N2O4/c1-14(28-22(27)18-8-5-9-19(13-18)23-15(2)25)21(26)24-20-11-10-16-6-3-4-7-17(16)12-20/h3-14H,1-2H3,(H,23,25)(H,24,26). The Morgan fingerprint density at radius 2 is 1.54 bits per heavy atom. The number of rotatable bonds is 5. The van der Waals surface area contributed by atoms with Crippen molar-refractivity contribution in [1.29, 1.82) is 0 Å². The molecule has 0 saturated carbocycles. The van der Waals surface area contributed by atoms with E-state index in [1.807, 2.05) is 36.4 Å². The van der Waals surface area contributed by atoms with Crippen LogP contribution >= 0.6 is 0 Å². The molecular formula is C22H20N2O4. The highest BCUT2D eigenvalue weighted by atomic mass is 16.5. The maximum atomic E-state index is 12.4. The molecule has 0 aliphatic heterocycles.